The van der Waals surface area contributed by atoms with Gasteiger partial charge in [-0.05, 0) is 69.7 Å². The summed E-state index contributed by atoms with van der Waals surface area (Å²) in [4.78, 5) is 28.1. The van der Waals surface area contributed by atoms with E-state index in [1.807, 2.05) is 20.8 Å². The molecule has 3 rings (SSSR count). The zero-order valence-corrected chi connectivity index (χ0v) is 24.8. The van der Waals surface area contributed by atoms with Crippen molar-refractivity contribution in [1.29, 1.82) is 0 Å². The third-order valence-corrected chi connectivity index (χ3v) is 8.41. The molecule has 1 N–H and O–H groups in total. The average molecular weight is 584 g/mol. The van der Waals surface area contributed by atoms with Crippen molar-refractivity contribution in [3.8, 4) is 5.75 Å². The number of ether oxygens (including phenoxy) is 1. The predicted octanol–water partition coefficient (Wildman–Crippen LogP) is 5.06. The van der Waals surface area contributed by atoms with Crippen LogP contribution in [0.2, 0.25) is 0 Å². The van der Waals surface area contributed by atoms with E-state index in [0.717, 1.165) is 22.7 Å². The Morgan fingerprint density at radius 3 is 2.24 bits per heavy atom. The van der Waals surface area contributed by atoms with E-state index in [1.165, 1.54) is 35.2 Å². The van der Waals surface area contributed by atoms with Crippen LogP contribution in [0.15, 0.2) is 77.7 Å². The van der Waals surface area contributed by atoms with Gasteiger partial charge in [-0.1, -0.05) is 49.2 Å². The molecule has 0 saturated heterocycles. The van der Waals surface area contributed by atoms with Gasteiger partial charge >= 0.3 is 0 Å². The van der Waals surface area contributed by atoms with Crippen LogP contribution in [0.25, 0.3) is 0 Å². The number of sulfonamides is 1. The van der Waals surface area contributed by atoms with Gasteiger partial charge in [0.1, 0.15) is 24.2 Å². The summed E-state index contributed by atoms with van der Waals surface area (Å²) in [6.07, 6.45) is 1.64. The normalized spacial score (nSPS) is 11.9. The Kier molecular flexibility index (Phi) is 11.3. The molecule has 3 aromatic carbocycles. The molecule has 0 aliphatic carbocycles. The van der Waals surface area contributed by atoms with Crippen molar-refractivity contribution in [1.82, 2.24) is 10.2 Å². The fourth-order valence-corrected chi connectivity index (χ4v) is 5.58. The molecule has 0 fully saturated rings. The maximum atomic E-state index is 14.6. The van der Waals surface area contributed by atoms with E-state index in [0.29, 0.717) is 18.9 Å². The van der Waals surface area contributed by atoms with E-state index in [2.05, 4.69) is 5.32 Å². The number of rotatable bonds is 14. The number of hydrogen-bond acceptors (Lipinski definition) is 5. The fraction of sp³-hybridized carbons (Fsp3) is 0.355. The molecule has 10 heteroatoms. The van der Waals surface area contributed by atoms with Crippen molar-refractivity contribution in [2.45, 2.75) is 58.0 Å². The summed E-state index contributed by atoms with van der Waals surface area (Å²) < 4.78 is 48.9. The number of unbranched alkanes of at least 4 members (excludes halogenated alkanes) is 1. The number of anilines is 1. The second kappa shape index (κ2) is 14.6. The van der Waals surface area contributed by atoms with Crippen molar-refractivity contribution in [2.75, 3.05) is 24.0 Å². The van der Waals surface area contributed by atoms with Crippen molar-refractivity contribution in [3.05, 3.63) is 89.7 Å². The van der Waals surface area contributed by atoms with Crippen LogP contribution in [0.4, 0.5) is 10.1 Å². The first-order chi connectivity index (χ1) is 19.6. The lowest BCUT2D eigenvalue weighted by Gasteiger charge is -2.32. The number of aryl methyl sites for hydroxylation is 1. The van der Waals surface area contributed by atoms with Gasteiger partial charge in [0.05, 0.1) is 17.2 Å². The Hall–Kier alpha value is -3.92. The summed E-state index contributed by atoms with van der Waals surface area (Å²) in [7, 11) is -4.20. The SMILES string of the molecule is CCCCNC(=O)C(C)N(Cc1ccccc1F)C(=O)CN(c1ccc(OCC)cc1)S(=O)(=O)c1ccc(C)cc1. The second-order valence-electron chi connectivity index (χ2n) is 9.69. The molecular formula is C31H38FN3O5S. The molecule has 2 amide bonds. The lowest BCUT2D eigenvalue weighted by atomic mass is 10.1. The Balaban J connectivity index is 2.01. The highest BCUT2D eigenvalue weighted by atomic mass is 32.2. The van der Waals surface area contributed by atoms with Crippen LogP contribution >= 0.6 is 0 Å². The van der Waals surface area contributed by atoms with Crippen LogP contribution in [0, 0.1) is 12.7 Å². The summed E-state index contributed by atoms with van der Waals surface area (Å²) in [6, 6.07) is 17.7. The standard InChI is InChI=1S/C31H38FN3O5S/c1-5-7-20-33-31(37)24(4)34(21-25-10-8-9-11-29(25)32)30(36)22-35(26-14-16-27(17-15-26)40-6-2)41(38,39)28-18-12-23(3)13-19-28/h8-19,24H,5-7,20-22H2,1-4H3,(H,33,37). The van der Waals surface area contributed by atoms with Gasteiger partial charge in [0.25, 0.3) is 10.0 Å². The Labute approximate surface area is 242 Å². The Morgan fingerprint density at radius 2 is 1.63 bits per heavy atom. The second-order valence-corrected chi connectivity index (χ2v) is 11.5. The summed E-state index contributed by atoms with van der Waals surface area (Å²) in [5.41, 5.74) is 1.34. The largest absolute Gasteiger partial charge is 0.494 e. The number of carbonyl (C=O) groups is 2. The molecule has 0 radical (unpaired) electrons. The summed E-state index contributed by atoms with van der Waals surface area (Å²) >= 11 is 0. The van der Waals surface area contributed by atoms with Crippen LogP contribution in [0.5, 0.6) is 5.75 Å². The minimum atomic E-state index is -4.20. The molecule has 0 bridgehead atoms. The first-order valence-electron chi connectivity index (χ1n) is 13.7. The van der Waals surface area contributed by atoms with E-state index in [1.54, 1.807) is 49.4 Å². The Bertz CT molecular complexity index is 1410. The molecule has 1 atom stereocenters. The Morgan fingerprint density at radius 1 is 0.976 bits per heavy atom. The van der Waals surface area contributed by atoms with Crippen molar-refractivity contribution in [3.63, 3.8) is 0 Å². The molecule has 0 spiro atoms. The lowest BCUT2D eigenvalue weighted by Crippen LogP contribution is -2.51. The molecule has 0 saturated carbocycles. The highest BCUT2D eigenvalue weighted by Gasteiger charge is 2.32. The molecule has 0 aliphatic heterocycles. The lowest BCUT2D eigenvalue weighted by molar-refractivity contribution is -0.139. The summed E-state index contributed by atoms with van der Waals surface area (Å²) in [6.45, 7) is 7.28. The quantitative estimate of drug-likeness (QED) is 0.268. The van der Waals surface area contributed by atoms with Crippen molar-refractivity contribution >= 4 is 27.5 Å². The highest BCUT2D eigenvalue weighted by molar-refractivity contribution is 7.92. The van der Waals surface area contributed by atoms with Gasteiger partial charge in [-0.3, -0.25) is 13.9 Å². The third kappa shape index (κ3) is 8.29. The van der Waals surface area contributed by atoms with Gasteiger partial charge in [0.2, 0.25) is 11.8 Å². The van der Waals surface area contributed by atoms with E-state index in [9.17, 15) is 22.4 Å². The van der Waals surface area contributed by atoms with Gasteiger partial charge in [-0.2, -0.15) is 0 Å². The zero-order chi connectivity index (χ0) is 30.0. The first-order valence-corrected chi connectivity index (χ1v) is 15.1. The average Bonchev–Trinajstić information content (AvgIpc) is 2.96. The van der Waals surface area contributed by atoms with Crippen LogP contribution in [-0.2, 0) is 26.2 Å². The van der Waals surface area contributed by atoms with E-state index >= 15 is 0 Å². The van der Waals surface area contributed by atoms with Gasteiger partial charge < -0.3 is 15.0 Å². The molecule has 1 unspecified atom stereocenters. The van der Waals surface area contributed by atoms with Gasteiger partial charge in [0.15, 0.2) is 0 Å². The number of nitrogens with zero attached hydrogens (tertiary/aromatic N) is 2. The molecule has 8 nitrogen and oxygen atoms in total. The molecule has 220 valence electrons. The maximum absolute atomic E-state index is 14.6. The smallest absolute Gasteiger partial charge is 0.264 e. The number of hydrogen-bond donors (Lipinski definition) is 1. The highest BCUT2D eigenvalue weighted by Crippen LogP contribution is 2.27. The minimum absolute atomic E-state index is 0.01000. The summed E-state index contributed by atoms with van der Waals surface area (Å²) in [5.74, 6) is -1.04. The number of carbonyl (C=O) groups excluding carboxylic acids is 2. The van der Waals surface area contributed by atoms with Gasteiger partial charge in [0, 0.05) is 18.7 Å². The third-order valence-electron chi connectivity index (χ3n) is 6.62. The van der Waals surface area contributed by atoms with Crippen molar-refractivity contribution < 1.29 is 27.1 Å². The summed E-state index contributed by atoms with van der Waals surface area (Å²) in [5, 5.41) is 2.81. The monoisotopic (exact) mass is 583 g/mol. The van der Waals surface area contributed by atoms with Crippen LogP contribution in [0.1, 0.15) is 44.7 Å². The van der Waals surface area contributed by atoms with Gasteiger partial charge in [-0.25, -0.2) is 12.8 Å². The van der Waals surface area contributed by atoms with Crippen LogP contribution < -0.4 is 14.4 Å². The molecule has 0 aliphatic rings. The molecule has 41 heavy (non-hydrogen) atoms. The van der Waals surface area contributed by atoms with E-state index in [-0.39, 0.29) is 22.7 Å². The number of nitrogens with one attached hydrogen (secondary N) is 1. The number of amides is 2. The van der Waals surface area contributed by atoms with Crippen LogP contribution in [0.3, 0.4) is 0 Å². The minimum Gasteiger partial charge on any atom is -0.494 e. The topological polar surface area (TPSA) is 96.0 Å². The molecule has 3 aromatic rings. The molecule has 0 aromatic heterocycles. The van der Waals surface area contributed by atoms with Gasteiger partial charge in [-0.15, -0.1) is 0 Å². The van der Waals surface area contributed by atoms with Crippen molar-refractivity contribution in [2.24, 2.45) is 0 Å². The first kappa shape index (κ1) is 31.6. The zero-order valence-electron chi connectivity index (χ0n) is 24.0. The number of halogens is 1. The maximum Gasteiger partial charge on any atom is 0.264 e. The van der Waals surface area contributed by atoms with E-state index in [4.69, 9.17) is 4.74 Å². The fourth-order valence-electron chi connectivity index (χ4n) is 4.17. The molecule has 0 heterocycles. The number of benzene rings is 3. The predicted molar refractivity (Wildman–Crippen MR) is 158 cm³/mol. The molecular weight excluding hydrogens is 545 g/mol. The van der Waals surface area contributed by atoms with Crippen LogP contribution in [-0.4, -0.2) is 50.9 Å². The van der Waals surface area contributed by atoms with E-state index < -0.39 is 40.2 Å².